The predicted octanol–water partition coefficient (Wildman–Crippen LogP) is 2.43. The van der Waals surface area contributed by atoms with E-state index in [2.05, 4.69) is 21.9 Å². The Morgan fingerprint density at radius 2 is 2.14 bits per heavy atom. The van der Waals surface area contributed by atoms with Crippen molar-refractivity contribution in [1.82, 2.24) is 10.2 Å². The van der Waals surface area contributed by atoms with Gasteiger partial charge in [0.1, 0.15) is 5.75 Å². The van der Waals surface area contributed by atoms with Gasteiger partial charge in [0.15, 0.2) is 0 Å². The number of hydrogen-bond acceptors (Lipinski definition) is 3. The standard InChI is InChI=1S/C16H22F2N2O2/c1-12-3-2-9-20(12)10-8-19-15(21)11-13-4-6-14(7-5-13)22-16(17)18/h4-7,12,16H,2-3,8-11H2,1H3,(H,19,21)/t12-/m1/s1. The number of likely N-dealkylation sites (tertiary alicyclic amines) is 1. The van der Waals surface area contributed by atoms with Gasteiger partial charge in [-0.1, -0.05) is 12.1 Å². The van der Waals surface area contributed by atoms with Gasteiger partial charge >= 0.3 is 6.61 Å². The Labute approximate surface area is 129 Å². The summed E-state index contributed by atoms with van der Waals surface area (Å²) in [6.45, 7) is 1.98. The van der Waals surface area contributed by atoms with Crippen molar-refractivity contribution < 1.29 is 18.3 Å². The van der Waals surface area contributed by atoms with Crippen LogP contribution in [0.5, 0.6) is 5.75 Å². The van der Waals surface area contributed by atoms with Gasteiger partial charge in [0.2, 0.25) is 5.91 Å². The van der Waals surface area contributed by atoms with Gasteiger partial charge in [0.25, 0.3) is 0 Å². The zero-order valence-corrected chi connectivity index (χ0v) is 12.7. The van der Waals surface area contributed by atoms with Gasteiger partial charge in [0, 0.05) is 19.1 Å². The average molecular weight is 312 g/mol. The van der Waals surface area contributed by atoms with Crippen LogP contribution in [0.4, 0.5) is 8.78 Å². The maximum Gasteiger partial charge on any atom is 0.387 e. The number of halogens is 2. The first kappa shape index (κ1) is 16.7. The van der Waals surface area contributed by atoms with Crippen LogP contribution in [0.1, 0.15) is 25.3 Å². The molecule has 1 aliphatic heterocycles. The molecule has 0 radical (unpaired) electrons. The van der Waals surface area contributed by atoms with Crippen molar-refractivity contribution >= 4 is 5.91 Å². The third kappa shape index (κ3) is 5.26. The molecular formula is C16H22F2N2O2. The topological polar surface area (TPSA) is 41.6 Å². The van der Waals surface area contributed by atoms with E-state index in [0.29, 0.717) is 12.6 Å². The molecule has 0 bridgehead atoms. The highest BCUT2D eigenvalue weighted by Crippen LogP contribution is 2.16. The summed E-state index contributed by atoms with van der Waals surface area (Å²) in [5, 5.41) is 2.89. The highest BCUT2D eigenvalue weighted by atomic mass is 19.3. The Balaban J connectivity index is 1.70. The normalized spacial score (nSPS) is 18.6. The van der Waals surface area contributed by atoms with Crippen molar-refractivity contribution in [3.05, 3.63) is 29.8 Å². The van der Waals surface area contributed by atoms with E-state index >= 15 is 0 Å². The molecule has 1 amide bonds. The lowest BCUT2D eigenvalue weighted by Gasteiger charge is -2.20. The molecule has 2 rings (SSSR count). The third-order valence-electron chi connectivity index (χ3n) is 3.92. The van der Waals surface area contributed by atoms with Gasteiger partial charge in [0.05, 0.1) is 6.42 Å². The van der Waals surface area contributed by atoms with E-state index in [-0.39, 0.29) is 18.1 Å². The number of alkyl halides is 2. The molecule has 22 heavy (non-hydrogen) atoms. The summed E-state index contributed by atoms with van der Waals surface area (Å²) in [5.74, 6) is 0.0385. The molecule has 1 heterocycles. The molecule has 0 aromatic heterocycles. The molecule has 0 aliphatic carbocycles. The molecule has 1 aromatic rings. The van der Waals surface area contributed by atoms with Crippen LogP contribution in [0.3, 0.4) is 0 Å². The summed E-state index contributed by atoms with van der Waals surface area (Å²) in [4.78, 5) is 14.2. The maximum atomic E-state index is 12.0. The Morgan fingerprint density at radius 3 is 2.73 bits per heavy atom. The van der Waals surface area contributed by atoms with Crippen molar-refractivity contribution in [3.63, 3.8) is 0 Å². The van der Waals surface area contributed by atoms with Gasteiger partial charge in [-0.3, -0.25) is 9.69 Å². The first-order chi connectivity index (χ1) is 10.5. The van der Waals surface area contributed by atoms with E-state index in [0.717, 1.165) is 18.7 Å². The second-order valence-electron chi connectivity index (χ2n) is 5.58. The minimum absolute atomic E-state index is 0.0608. The van der Waals surface area contributed by atoms with Crippen LogP contribution in [0, 0.1) is 0 Å². The smallest absolute Gasteiger partial charge is 0.387 e. The van der Waals surface area contributed by atoms with Crippen LogP contribution in [0.25, 0.3) is 0 Å². The molecule has 1 saturated heterocycles. The summed E-state index contributed by atoms with van der Waals surface area (Å²) in [5.41, 5.74) is 0.772. The predicted molar refractivity (Wildman–Crippen MR) is 80.1 cm³/mol. The Bertz CT molecular complexity index is 480. The minimum atomic E-state index is -2.83. The van der Waals surface area contributed by atoms with E-state index in [4.69, 9.17) is 0 Å². The molecule has 1 N–H and O–H groups in total. The van der Waals surface area contributed by atoms with Crippen LogP contribution < -0.4 is 10.1 Å². The van der Waals surface area contributed by atoms with Crippen molar-refractivity contribution in [3.8, 4) is 5.75 Å². The zero-order valence-electron chi connectivity index (χ0n) is 12.7. The van der Waals surface area contributed by atoms with E-state index in [1.54, 1.807) is 12.1 Å². The van der Waals surface area contributed by atoms with Gasteiger partial charge in [-0.25, -0.2) is 0 Å². The van der Waals surface area contributed by atoms with E-state index in [9.17, 15) is 13.6 Å². The van der Waals surface area contributed by atoms with Gasteiger partial charge in [-0.2, -0.15) is 8.78 Å². The number of carbonyl (C=O) groups is 1. The summed E-state index contributed by atoms with van der Waals surface area (Å²) in [6, 6.07) is 6.74. The molecule has 0 unspecified atom stereocenters. The maximum absolute atomic E-state index is 12.0. The quantitative estimate of drug-likeness (QED) is 0.841. The fourth-order valence-electron chi connectivity index (χ4n) is 2.70. The lowest BCUT2D eigenvalue weighted by atomic mass is 10.1. The number of amides is 1. The first-order valence-corrected chi connectivity index (χ1v) is 7.59. The second-order valence-corrected chi connectivity index (χ2v) is 5.58. The van der Waals surface area contributed by atoms with Crippen LogP contribution in [-0.4, -0.2) is 43.1 Å². The Hall–Kier alpha value is -1.69. The van der Waals surface area contributed by atoms with E-state index in [1.807, 2.05) is 0 Å². The fraction of sp³-hybridized carbons (Fsp3) is 0.562. The number of nitrogens with zero attached hydrogens (tertiary/aromatic N) is 1. The molecule has 1 aliphatic rings. The summed E-state index contributed by atoms with van der Waals surface area (Å²) >= 11 is 0. The highest BCUT2D eigenvalue weighted by Gasteiger charge is 2.19. The molecule has 1 fully saturated rings. The highest BCUT2D eigenvalue weighted by molar-refractivity contribution is 5.78. The molecule has 122 valence electrons. The van der Waals surface area contributed by atoms with Gasteiger partial charge < -0.3 is 10.1 Å². The number of benzene rings is 1. The second kappa shape index (κ2) is 8.08. The zero-order chi connectivity index (χ0) is 15.9. The number of nitrogens with one attached hydrogen (secondary N) is 1. The Morgan fingerprint density at radius 1 is 1.41 bits per heavy atom. The molecule has 1 atom stereocenters. The summed E-state index contributed by atoms with van der Waals surface area (Å²) < 4.78 is 28.3. The lowest BCUT2D eigenvalue weighted by molar-refractivity contribution is -0.120. The van der Waals surface area contributed by atoms with Crippen LogP contribution in [-0.2, 0) is 11.2 Å². The number of ether oxygens (including phenoxy) is 1. The molecule has 0 saturated carbocycles. The molecule has 4 nitrogen and oxygen atoms in total. The Kier molecular flexibility index (Phi) is 6.12. The molecular weight excluding hydrogens is 290 g/mol. The molecule has 6 heteroatoms. The van der Waals surface area contributed by atoms with Crippen molar-refractivity contribution in [2.75, 3.05) is 19.6 Å². The van der Waals surface area contributed by atoms with E-state index in [1.165, 1.54) is 25.0 Å². The van der Waals surface area contributed by atoms with Gasteiger partial charge in [-0.15, -0.1) is 0 Å². The largest absolute Gasteiger partial charge is 0.435 e. The fourth-order valence-corrected chi connectivity index (χ4v) is 2.70. The van der Waals surface area contributed by atoms with Gasteiger partial charge in [-0.05, 0) is 44.0 Å². The van der Waals surface area contributed by atoms with Crippen LogP contribution in [0.2, 0.25) is 0 Å². The van der Waals surface area contributed by atoms with Crippen molar-refractivity contribution in [1.29, 1.82) is 0 Å². The number of hydrogen-bond donors (Lipinski definition) is 1. The third-order valence-corrected chi connectivity index (χ3v) is 3.92. The SMILES string of the molecule is C[C@@H]1CCCN1CCNC(=O)Cc1ccc(OC(F)F)cc1. The minimum Gasteiger partial charge on any atom is -0.435 e. The van der Waals surface area contributed by atoms with Crippen molar-refractivity contribution in [2.45, 2.75) is 38.8 Å². The summed E-state index contributed by atoms with van der Waals surface area (Å²) in [6.07, 6.45) is 2.69. The molecule has 0 spiro atoms. The number of rotatable bonds is 7. The number of carbonyl (C=O) groups excluding carboxylic acids is 1. The molecule has 1 aromatic carbocycles. The van der Waals surface area contributed by atoms with Crippen LogP contribution >= 0.6 is 0 Å². The van der Waals surface area contributed by atoms with E-state index < -0.39 is 6.61 Å². The lowest BCUT2D eigenvalue weighted by Crippen LogP contribution is -2.37. The van der Waals surface area contributed by atoms with Crippen molar-refractivity contribution in [2.24, 2.45) is 0 Å². The average Bonchev–Trinajstić information content (AvgIpc) is 2.86. The first-order valence-electron chi connectivity index (χ1n) is 7.59. The summed E-state index contributed by atoms with van der Waals surface area (Å²) in [7, 11) is 0. The van der Waals surface area contributed by atoms with Crippen LogP contribution in [0.15, 0.2) is 24.3 Å². The monoisotopic (exact) mass is 312 g/mol.